The van der Waals surface area contributed by atoms with Crippen LogP contribution in [0.5, 0.6) is 0 Å². The van der Waals surface area contributed by atoms with Gasteiger partial charge < -0.3 is 0 Å². The van der Waals surface area contributed by atoms with Gasteiger partial charge in [-0.1, -0.05) is 48.9 Å². The van der Waals surface area contributed by atoms with Crippen LogP contribution < -0.4 is 11.0 Å². The van der Waals surface area contributed by atoms with E-state index in [0.717, 1.165) is 24.1 Å². The second-order valence-electron chi connectivity index (χ2n) is 6.68. The molecule has 1 heterocycles. The summed E-state index contributed by atoms with van der Waals surface area (Å²) in [6.45, 7) is 0.463. The normalized spacial score (nSPS) is 14.4. The summed E-state index contributed by atoms with van der Waals surface area (Å²) in [6, 6.07) is 17.4. The molecule has 0 atom stereocenters. The summed E-state index contributed by atoms with van der Waals surface area (Å²) in [7, 11) is 0. The minimum absolute atomic E-state index is 0.0502. The molecule has 1 aliphatic carbocycles. The zero-order valence-corrected chi connectivity index (χ0v) is 14.7. The maximum absolute atomic E-state index is 13.0. The van der Waals surface area contributed by atoms with Crippen LogP contribution in [0.15, 0.2) is 64.5 Å². The number of nitrogens with zero attached hydrogens (tertiary/aromatic N) is 3. The van der Waals surface area contributed by atoms with Crippen molar-refractivity contribution in [1.29, 1.82) is 0 Å². The summed E-state index contributed by atoms with van der Waals surface area (Å²) in [5.41, 5.74) is 5.93. The van der Waals surface area contributed by atoms with E-state index in [9.17, 15) is 4.79 Å². The van der Waals surface area contributed by atoms with Crippen molar-refractivity contribution < 1.29 is 0 Å². The van der Waals surface area contributed by atoms with Crippen molar-refractivity contribution >= 4 is 22.6 Å². The lowest BCUT2D eigenvalue weighted by Crippen LogP contribution is -2.25. The fraction of sp³-hybridized carbons (Fsp3) is 0.286. The number of nitrogens with one attached hydrogen (secondary N) is 1. The lowest BCUT2D eigenvalue weighted by atomic mass is 9.99. The van der Waals surface area contributed by atoms with E-state index in [1.807, 2.05) is 54.6 Å². The van der Waals surface area contributed by atoms with Crippen LogP contribution in [-0.2, 0) is 6.54 Å². The summed E-state index contributed by atoms with van der Waals surface area (Å²) in [4.78, 5) is 17.7. The van der Waals surface area contributed by atoms with E-state index < -0.39 is 0 Å². The second-order valence-corrected chi connectivity index (χ2v) is 6.68. The van der Waals surface area contributed by atoms with Crippen LogP contribution in [0.25, 0.3) is 10.9 Å². The van der Waals surface area contributed by atoms with E-state index in [0.29, 0.717) is 23.4 Å². The van der Waals surface area contributed by atoms with Gasteiger partial charge in [0.1, 0.15) is 0 Å². The van der Waals surface area contributed by atoms with Gasteiger partial charge in [0, 0.05) is 5.71 Å². The van der Waals surface area contributed by atoms with Crippen molar-refractivity contribution in [1.82, 2.24) is 9.55 Å². The molecule has 0 unspecified atom stereocenters. The molecule has 5 nitrogen and oxygen atoms in total. The average molecular weight is 346 g/mol. The molecule has 132 valence electrons. The van der Waals surface area contributed by atoms with Gasteiger partial charge in [-0.15, -0.1) is 0 Å². The molecule has 1 N–H and O–H groups in total. The largest absolute Gasteiger partial charge is 0.272 e. The summed E-state index contributed by atoms with van der Waals surface area (Å²) in [6.07, 6.45) is 5.67. The highest BCUT2D eigenvalue weighted by molar-refractivity contribution is 5.85. The summed E-state index contributed by atoms with van der Waals surface area (Å²) < 4.78 is 1.67. The lowest BCUT2D eigenvalue weighted by molar-refractivity contribution is 0.664. The van der Waals surface area contributed by atoms with Gasteiger partial charge in [0.05, 0.1) is 17.4 Å². The standard InChI is InChI=1S/C21H22N4O/c26-20-18-13-7-8-14-19(18)22-21(24-23-17-11-5-2-6-12-17)25(20)15-16-9-3-1-4-10-16/h1,3-4,7-10,13-14H,2,5-6,11-12,15H2,(H,22,24). The molecule has 5 heteroatoms. The number of hydrazone groups is 1. The average Bonchev–Trinajstić information content (AvgIpc) is 2.70. The van der Waals surface area contributed by atoms with Gasteiger partial charge in [0.2, 0.25) is 5.95 Å². The topological polar surface area (TPSA) is 59.3 Å². The Balaban J connectivity index is 1.76. The number of hydrogen-bond acceptors (Lipinski definition) is 4. The Bertz CT molecular complexity index is 984. The molecule has 0 spiro atoms. The number of anilines is 1. The Morgan fingerprint density at radius 3 is 2.50 bits per heavy atom. The predicted octanol–water partition coefficient (Wildman–Crippen LogP) is 4.18. The van der Waals surface area contributed by atoms with Gasteiger partial charge in [0.15, 0.2) is 0 Å². The van der Waals surface area contributed by atoms with Gasteiger partial charge in [-0.25, -0.2) is 10.4 Å². The van der Waals surface area contributed by atoms with Crippen molar-refractivity contribution in [2.75, 3.05) is 5.43 Å². The highest BCUT2D eigenvalue weighted by atomic mass is 16.1. The van der Waals surface area contributed by atoms with E-state index in [1.165, 1.54) is 19.3 Å². The van der Waals surface area contributed by atoms with E-state index in [1.54, 1.807) is 4.57 Å². The molecule has 1 aromatic heterocycles. The molecule has 1 fully saturated rings. The first kappa shape index (κ1) is 16.5. The number of para-hydroxylation sites is 1. The zero-order valence-electron chi connectivity index (χ0n) is 14.7. The SMILES string of the molecule is O=c1c2ccccc2nc(NN=C2CCCCC2)n1Cc1ccccc1. The molecule has 1 aliphatic rings. The first-order valence-electron chi connectivity index (χ1n) is 9.16. The Morgan fingerprint density at radius 1 is 0.962 bits per heavy atom. The van der Waals surface area contributed by atoms with Crippen LogP contribution in [0.3, 0.4) is 0 Å². The van der Waals surface area contributed by atoms with Crippen LogP contribution in [0.1, 0.15) is 37.7 Å². The zero-order chi connectivity index (χ0) is 17.8. The Morgan fingerprint density at radius 2 is 1.69 bits per heavy atom. The molecular weight excluding hydrogens is 324 g/mol. The maximum Gasteiger partial charge on any atom is 0.263 e. The van der Waals surface area contributed by atoms with E-state index in [4.69, 9.17) is 0 Å². The summed E-state index contributed by atoms with van der Waals surface area (Å²) in [5, 5.41) is 5.17. The van der Waals surface area contributed by atoms with E-state index >= 15 is 0 Å². The monoisotopic (exact) mass is 346 g/mol. The molecule has 3 aromatic rings. The summed E-state index contributed by atoms with van der Waals surface area (Å²) >= 11 is 0. The van der Waals surface area contributed by atoms with Crippen LogP contribution in [-0.4, -0.2) is 15.3 Å². The lowest BCUT2D eigenvalue weighted by Gasteiger charge is -2.15. The number of benzene rings is 2. The number of fused-ring (bicyclic) bond motifs is 1. The summed E-state index contributed by atoms with van der Waals surface area (Å²) in [5.74, 6) is 0.496. The number of rotatable bonds is 4. The minimum Gasteiger partial charge on any atom is -0.272 e. The molecule has 0 bridgehead atoms. The molecule has 0 aliphatic heterocycles. The Kier molecular flexibility index (Phi) is 4.78. The number of aromatic nitrogens is 2. The smallest absolute Gasteiger partial charge is 0.263 e. The first-order chi connectivity index (χ1) is 12.8. The molecule has 2 aromatic carbocycles. The molecule has 0 amide bonds. The minimum atomic E-state index is -0.0502. The second kappa shape index (κ2) is 7.52. The molecule has 4 rings (SSSR count). The van der Waals surface area contributed by atoms with Crippen molar-refractivity contribution in [3.05, 3.63) is 70.5 Å². The Labute approximate surface area is 152 Å². The molecule has 0 saturated heterocycles. The molecule has 26 heavy (non-hydrogen) atoms. The van der Waals surface area contributed by atoms with Gasteiger partial charge in [-0.2, -0.15) is 5.10 Å². The van der Waals surface area contributed by atoms with Crippen molar-refractivity contribution in [2.45, 2.75) is 38.6 Å². The highest BCUT2D eigenvalue weighted by Gasteiger charge is 2.12. The third kappa shape index (κ3) is 3.52. The molecule has 0 radical (unpaired) electrons. The first-order valence-corrected chi connectivity index (χ1v) is 9.16. The predicted molar refractivity (Wildman–Crippen MR) is 106 cm³/mol. The van der Waals surface area contributed by atoms with Gasteiger partial charge in [0.25, 0.3) is 5.56 Å². The van der Waals surface area contributed by atoms with Crippen LogP contribution in [0.4, 0.5) is 5.95 Å². The highest BCUT2D eigenvalue weighted by Crippen LogP contribution is 2.17. The molecule has 1 saturated carbocycles. The van der Waals surface area contributed by atoms with Crippen molar-refractivity contribution in [3.63, 3.8) is 0 Å². The van der Waals surface area contributed by atoms with Gasteiger partial charge >= 0.3 is 0 Å². The number of hydrogen-bond donors (Lipinski definition) is 1. The van der Waals surface area contributed by atoms with Crippen molar-refractivity contribution in [3.8, 4) is 0 Å². The van der Waals surface area contributed by atoms with Crippen LogP contribution in [0, 0.1) is 0 Å². The van der Waals surface area contributed by atoms with Gasteiger partial charge in [-0.3, -0.25) is 9.36 Å². The third-order valence-corrected chi connectivity index (χ3v) is 4.79. The van der Waals surface area contributed by atoms with Crippen LogP contribution in [0.2, 0.25) is 0 Å². The van der Waals surface area contributed by atoms with Crippen LogP contribution >= 0.6 is 0 Å². The third-order valence-electron chi connectivity index (χ3n) is 4.79. The fourth-order valence-corrected chi connectivity index (χ4v) is 3.37. The van der Waals surface area contributed by atoms with Crippen molar-refractivity contribution in [2.24, 2.45) is 5.10 Å². The quantitative estimate of drug-likeness (QED) is 0.721. The van der Waals surface area contributed by atoms with Gasteiger partial charge in [-0.05, 0) is 43.4 Å². The maximum atomic E-state index is 13.0. The Hall–Kier alpha value is -2.95. The van der Waals surface area contributed by atoms with E-state index in [-0.39, 0.29) is 5.56 Å². The molecular formula is C21H22N4O. The van der Waals surface area contributed by atoms with E-state index in [2.05, 4.69) is 15.5 Å². The fourth-order valence-electron chi connectivity index (χ4n) is 3.37.